The van der Waals surface area contributed by atoms with E-state index in [1.807, 2.05) is 0 Å². The van der Waals surface area contributed by atoms with Crippen molar-refractivity contribution in [1.82, 2.24) is 9.71 Å². The maximum Gasteiger partial charge on any atom is 0.244 e. The van der Waals surface area contributed by atoms with E-state index in [0.717, 1.165) is 0 Å². The quantitative estimate of drug-likeness (QED) is 0.718. The summed E-state index contributed by atoms with van der Waals surface area (Å²) in [5, 5.41) is 0. The van der Waals surface area contributed by atoms with E-state index in [1.54, 1.807) is 6.92 Å². The molecule has 0 fully saturated rings. The van der Waals surface area contributed by atoms with Crippen LogP contribution >= 0.6 is 0 Å². The SMILES string of the molecule is CCNS(=O)(=O)c1cccnc1N. The molecule has 0 bridgehead atoms. The molecular weight excluding hydrogens is 190 g/mol. The Morgan fingerprint density at radius 2 is 2.31 bits per heavy atom. The van der Waals surface area contributed by atoms with Crippen LogP contribution in [0.5, 0.6) is 0 Å². The number of hydrogen-bond donors (Lipinski definition) is 2. The first-order valence-corrected chi connectivity index (χ1v) is 5.26. The van der Waals surface area contributed by atoms with Crippen LogP contribution in [0.1, 0.15) is 6.92 Å². The molecule has 0 atom stereocenters. The Balaban J connectivity index is 3.15. The number of hydrogen-bond acceptors (Lipinski definition) is 4. The van der Waals surface area contributed by atoms with Crippen LogP contribution in [0, 0.1) is 0 Å². The number of nitrogen functional groups attached to an aromatic ring is 1. The number of aromatic nitrogens is 1. The summed E-state index contributed by atoms with van der Waals surface area (Å²) < 4.78 is 25.2. The summed E-state index contributed by atoms with van der Waals surface area (Å²) in [7, 11) is -3.48. The molecule has 0 saturated heterocycles. The van der Waals surface area contributed by atoms with Crippen molar-refractivity contribution in [2.45, 2.75) is 11.8 Å². The minimum atomic E-state index is -3.48. The molecule has 0 aromatic carbocycles. The second-order valence-electron chi connectivity index (χ2n) is 2.39. The van der Waals surface area contributed by atoms with E-state index >= 15 is 0 Å². The first-order valence-electron chi connectivity index (χ1n) is 3.78. The van der Waals surface area contributed by atoms with Gasteiger partial charge in [-0.3, -0.25) is 0 Å². The fourth-order valence-corrected chi connectivity index (χ4v) is 2.02. The van der Waals surface area contributed by atoms with E-state index in [1.165, 1.54) is 18.3 Å². The van der Waals surface area contributed by atoms with Crippen molar-refractivity contribution in [2.75, 3.05) is 12.3 Å². The van der Waals surface area contributed by atoms with Crippen LogP contribution in [-0.2, 0) is 10.0 Å². The van der Waals surface area contributed by atoms with E-state index < -0.39 is 10.0 Å². The molecule has 0 aliphatic carbocycles. The van der Waals surface area contributed by atoms with E-state index in [9.17, 15) is 8.42 Å². The molecule has 13 heavy (non-hydrogen) atoms. The largest absolute Gasteiger partial charge is 0.383 e. The van der Waals surface area contributed by atoms with Gasteiger partial charge < -0.3 is 5.73 Å². The number of nitrogens with zero attached hydrogens (tertiary/aromatic N) is 1. The third kappa shape index (κ3) is 2.16. The van der Waals surface area contributed by atoms with Gasteiger partial charge in [-0.15, -0.1) is 0 Å². The lowest BCUT2D eigenvalue weighted by atomic mass is 10.5. The highest BCUT2D eigenvalue weighted by Crippen LogP contribution is 2.13. The summed E-state index contributed by atoms with van der Waals surface area (Å²) in [5.41, 5.74) is 5.41. The molecule has 0 aliphatic rings. The average Bonchev–Trinajstić information content (AvgIpc) is 2.04. The molecule has 3 N–H and O–H groups in total. The van der Waals surface area contributed by atoms with Crippen LogP contribution in [0.25, 0.3) is 0 Å². The smallest absolute Gasteiger partial charge is 0.244 e. The molecule has 0 saturated carbocycles. The number of rotatable bonds is 3. The fraction of sp³-hybridized carbons (Fsp3) is 0.286. The van der Waals surface area contributed by atoms with Crippen molar-refractivity contribution in [3.63, 3.8) is 0 Å². The number of anilines is 1. The van der Waals surface area contributed by atoms with Gasteiger partial charge >= 0.3 is 0 Å². The molecule has 6 heteroatoms. The van der Waals surface area contributed by atoms with Crippen LogP contribution in [0.3, 0.4) is 0 Å². The molecule has 72 valence electrons. The molecule has 0 radical (unpaired) electrons. The zero-order valence-electron chi connectivity index (χ0n) is 7.19. The predicted molar refractivity (Wildman–Crippen MR) is 49.5 cm³/mol. The Labute approximate surface area is 77.0 Å². The third-order valence-corrected chi connectivity index (χ3v) is 3.02. The summed E-state index contributed by atoms with van der Waals surface area (Å²) >= 11 is 0. The lowest BCUT2D eigenvalue weighted by Gasteiger charge is -2.05. The Bertz CT molecular complexity index is 388. The number of nitrogens with one attached hydrogen (secondary N) is 1. The van der Waals surface area contributed by atoms with E-state index in [4.69, 9.17) is 5.73 Å². The molecule has 5 nitrogen and oxygen atoms in total. The summed E-state index contributed by atoms with van der Waals surface area (Å²) in [5.74, 6) is 0.0171. The van der Waals surface area contributed by atoms with Gasteiger partial charge in [0.2, 0.25) is 10.0 Å². The van der Waals surface area contributed by atoms with E-state index in [0.29, 0.717) is 6.54 Å². The van der Waals surface area contributed by atoms with Crippen molar-refractivity contribution >= 4 is 15.8 Å². The minimum Gasteiger partial charge on any atom is -0.383 e. The summed E-state index contributed by atoms with van der Waals surface area (Å²) in [6.07, 6.45) is 1.44. The summed E-state index contributed by atoms with van der Waals surface area (Å²) in [6, 6.07) is 2.95. The van der Waals surface area contributed by atoms with Gasteiger partial charge in [-0.25, -0.2) is 18.1 Å². The van der Waals surface area contributed by atoms with Crippen LogP contribution < -0.4 is 10.5 Å². The molecular formula is C7H11N3O2S. The standard InChI is InChI=1S/C7H11N3O2S/c1-2-10-13(11,12)6-4-3-5-9-7(6)8/h3-5,10H,2H2,1H3,(H2,8,9). The maximum absolute atomic E-state index is 11.4. The predicted octanol–water partition coefficient (Wildman–Crippen LogP) is -0.0380. The van der Waals surface area contributed by atoms with Crippen LogP contribution in [-0.4, -0.2) is 19.9 Å². The fourth-order valence-electron chi connectivity index (χ4n) is 0.898. The summed E-state index contributed by atoms with van der Waals surface area (Å²) in [6.45, 7) is 2.03. The molecule has 1 heterocycles. The van der Waals surface area contributed by atoms with Crippen molar-refractivity contribution in [3.05, 3.63) is 18.3 Å². The second kappa shape index (κ2) is 3.71. The monoisotopic (exact) mass is 201 g/mol. The van der Waals surface area contributed by atoms with Crippen molar-refractivity contribution in [2.24, 2.45) is 0 Å². The summed E-state index contributed by atoms with van der Waals surface area (Å²) in [4.78, 5) is 3.71. The number of pyridine rings is 1. The van der Waals surface area contributed by atoms with Crippen molar-refractivity contribution in [3.8, 4) is 0 Å². The van der Waals surface area contributed by atoms with Crippen LogP contribution in [0.2, 0.25) is 0 Å². The Kier molecular flexibility index (Phi) is 2.84. The lowest BCUT2D eigenvalue weighted by molar-refractivity contribution is 0.584. The van der Waals surface area contributed by atoms with Crippen LogP contribution in [0.4, 0.5) is 5.82 Å². The minimum absolute atomic E-state index is 0.0171. The van der Waals surface area contributed by atoms with Gasteiger partial charge in [0.05, 0.1) is 0 Å². The molecule has 1 aromatic rings. The maximum atomic E-state index is 11.4. The average molecular weight is 201 g/mol. The van der Waals surface area contributed by atoms with E-state index in [2.05, 4.69) is 9.71 Å². The van der Waals surface area contributed by atoms with Gasteiger partial charge in [-0.1, -0.05) is 6.92 Å². The second-order valence-corrected chi connectivity index (χ2v) is 4.12. The Hall–Kier alpha value is -1.14. The first-order chi connectivity index (χ1) is 6.08. The number of nitrogens with two attached hydrogens (primary N) is 1. The van der Waals surface area contributed by atoms with Gasteiger partial charge in [0.1, 0.15) is 10.7 Å². The Morgan fingerprint density at radius 1 is 1.62 bits per heavy atom. The van der Waals surface area contributed by atoms with Crippen molar-refractivity contribution < 1.29 is 8.42 Å². The van der Waals surface area contributed by atoms with Gasteiger partial charge in [-0.2, -0.15) is 0 Å². The molecule has 0 unspecified atom stereocenters. The molecule has 0 amide bonds. The Morgan fingerprint density at radius 3 is 2.85 bits per heavy atom. The topological polar surface area (TPSA) is 85.1 Å². The number of sulfonamides is 1. The van der Waals surface area contributed by atoms with Gasteiger partial charge in [0, 0.05) is 12.7 Å². The zero-order valence-corrected chi connectivity index (χ0v) is 8.00. The highest BCUT2D eigenvalue weighted by Gasteiger charge is 2.15. The van der Waals surface area contributed by atoms with Crippen LogP contribution in [0.15, 0.2) is 23.2 Å². The molecule has 0 spiro atoms. The molecule has 1 rings (SSSR count). The molecule has 1 aromatic heterocycles. The van der Waals surface area contributed by atoms with Gasteiger partial charge in [0.15, 0.2) is 0 Å². The highest BCUT2D eigenvalue weighted by molar-refractivity contribution is 7.89. The normalized spacial score (nSPS) is 11.5. The molecule has 0 aliphatic heterocycles. The third-order valence-electron chi connectivity index (χ3n) is 1.42. The highest BCUT2D eigenvalue weighted by atomic mass is 32.2. The van der Waals surface area contributed by atoms with Crippen molar-refractivity contribution in [1.29, 1.82) is 0 Å². The van der Waals surface area contributed by atoms with Gasteiger partial charge in [0.25, 0.3) is 0 Å². The first kappa shape index (κ1) is 9.94. The van der Waals surface area contributed by atoms with E-state index in [-0.39, 0.29) is 10.7 Å². The zero-order chi connectivity index (χ0) is 9.90. The van der Waals surface area contributed by atoms with Gasteiger partial charge in [-0.05, 0) is 12.1 Å². The lowest BCUT2D eigenvalue weighted by Crippen LogP contribution is -2.24.